The minimum absolute atomic E-state index is 0.213. The Kier molecular flexibility index (Phi) is 4.58. The van der Waals surface area contributed by atoms with E-state index in [1.54, 1.807) is 25.3 Å². The maximum absolute atomic E-state index is 13.3. The molecule has 0 saturated heterocycles. The molecule has 0 unspecified atom stereocenters. The third kappa shape index (κ3) is 3.21. The first-order valence-corrected chi connectivity index (χ1v) is 11.9. The zero-order valence-electron chi connectivity index (χ0n) is 15.4. The summed E-state index contributed by atoms with van der Waals surface area (Å²) in [7, 11) is -2.04. The number of benzene rings is 2. The van der Waals surface area contributed by atoms with E-state index in [0.29, 0.717) is 30.5 Å². The van der Waals surface area contributed by atoms with Gasteiger partial charge in [-0.1, -0.05) is 18.2 Å². The van der Waals surface area contributed by atoms with Crippen LogP contribution < -0.4 is 4.74 Å². The van der Waals surface area contributed by atoms with Crippen LogP contribution in [0.2, 0.25) is 0 Å². The van der Waals surface area contributed by atoms with Gasteiger partial charge in [-0.15, -0.1) is 11.3 Å². The molecule has 0 atom stereocenters. The number of hydrogen-bond acceptors (Lipinski definition) is 8. The van der Waals surface area contributed by atoms with Gasteiger partial charge in [0.25, 0.3) is 0 Å². The zero-order chi connectivity index (χ0) is 20.0. The number of aromatic nitrogens is 3. The number of thiazole rings is 1. The molecule has 3 heterocycles. The topological polar surface area (TPSA) is 85.3 Å². The van der Waals surface area contributed by atoms with Crippen LogP contribution in [0.15, 0.2) is 47.4 Å². The van der Waals surface area contributed by atoms with Gasteiger partial charge < -0.3 is 4.74 Å². The van der Waals surface area contributed by atoms with E-state index in [-0.39, 0.29) is 4.90 Å². The van der Waals surface area contributed by atoms with Crippen molar-refractivity contribution in [3.63, 3.8) is 0 Å². The van der Waals surface area contributed by atoms with Crippen LogP contribution >= 0.6 is 23.1 Å². The molecule has 1 aliphatic rings. The second-order valence-electron chi connectivity index (χ2n) is 6.60. The molecule has 0 radical (unpaired) electrons. The summed E-state index contributed by atoms with van der Waals surface area (Å²) in [5, 5.41) is 0.874. The average molecular weight is 445 g/mol. The first-order chi connectivity index (χ1) is 14.1. The molecular formula is C19H16N4O3S3. The first-order valence-electron chi connectivity index (χ1n) is 8.91. The van der Waals surface area contributed by atoms with Crippen molar-refractivity contribution < 1.29 is 13.2 Å². The van der Waals surface area contributed by atoms with E-state index in [2.05, 4.69) is 8.75 Å². The van der Waals surface area contributed by atoms with Crippen molar-refractivity contribution in [3.05, 3.63) is 53.0 Å². The minimum atomic E-state index is -3.67. The summed E-state index contributed by atoms with van der Waals surface area (Å²) in [6.45, 7) is 0.706. The number of rotatable bonds is 4. The standard InChI is InChI=1S/C19H16N4O3S3/c1-26-13-5-2-4-12(10-13)19-20-14-8-9-23(11-16(14)27-19)29(24,25)17-7-3-6-15-18(17)22-28-21-15/h2-7,10H,8-9,11H2,1H3. The SMILES string of the molecule is COc1cccc(-c2nc3c(s2)CN(S(=O)(=O)c2cccc4nsnc24)CC3)c1. The molecule has 0 bridgehead atoms. The van der Waals surface area contributed by atoms with Crippen molar-refractivity contribution in [1.29, 1.82) is 0 Å². The van der Waals surface area contributed by atoms with Gasteiger partial charge in [0.2, 0.25) is 10.0 Å². The molecule has 0 fully saturated rings. The van der Waals surface area contributed by atoms with Crippen molar-refractivity contribution in [2.45, 2.75) is 17.9 Å². The Morgan fingerprint density at radius 2 is 2.00 bits per heavy atom. The lowest BCUT2D eigenvalue weighted by atomic mass is 10.2. The molecule has 1 aliphatic heterocycles. The number of fused-ring (bicyclic) bond motifs is 2. The quantitative estimate of drug-likeness (QED) is 0.478. The van der Waals surface area contributed by atoms with Crippen molar-refractivity contribution in [2.75, 3.05) is 13.7 Å². The molecule has 2 aromatic carbocycles. The van der Waals surface area contributed by atoms with E-state index in [1.165, 1.54) is 15.6 Å². The van der Waals surface area contributed by atoms with Gasteiger partial charge in [0.1, 0.15) is 26.7 Å². The molecule has 0 aliphatic carbocycles. The normalized spacial score (nSPS) is 14.8. The van der Waals surface area contributed by atoms with E-state index in [4.69, 9.17) is 9.72 Å². The van der Waals surface area contributed by atoms with E-state index in [9.17, 15) is 8.42 Å². The van der Waals surface area contributed by atoms with Gasteiger partial charge in [0, 0.05) is 23.4 Å². The van der Waals surface area contributed by atoms with E-state index in [1.807, 2.05) is 24.3 Å². The van der Waals surface area contributed by atoms with E-state index in [0.717, 1.165) is 38.6 Å². The summed E-state index contributed by atoms with van der Waals surface area (Å²) in [6, 6.07) is 12.8. The molecule has 0 saturated carbocycles. The average Bonchev–Trinajstić information content (AvgIpc) is 3.39. The Bertz CT molecular complexity index is 1310. The molecule has 0 spiro atoms. The lowest BCUT2D eigenvalue weighted by molar-refractivity contribution is 0.393. The molecule has 0 amide bonds. The molecule has 5 rings (SSSR count). The van der Waals surface area contributed by atoms with Crippen LogP contribution in [0.1, 0.15) is 10.6 Å². The third-order valence-electron chi connectivity index (χ3n) is 4.88. The number of ether oxygens (including phenoxy) is 1. The number of methoxy groups -OCH3 is 1. The summed E-state index contributed by atoms with van der Waals surface area (Å²) in [5.74, 6) is 0.768. The molecule has 2 aromatic heterocycles. The Morgan fingerprint density at radius 3 is 2.86 bits per heavy atom. The van der Waals surface area contributed by atoms with Gasteiger partial charge in [-0.3, -0.25) is 0 Å². The fourth-order valence-corrected chi connectivity index (χ4v) is 6.75. The first kappa shape index (κ1) is 18.6. The van der Waals surface area contributed by atoms with Crippen LogP contribution in [0.5, 0.6) is 5.75 Å². The maximum atomic E-state index is 13.3. The molecule has 29 heavy (non-hydrogen) atoms. The molecular weight excluding hydrogens is 428 g/mol. The molecule has 0 N–H and O–H groups in total. The zero-order valence-corrected chi connectivity index (χ0v) is 17.9. The fourth-order valence-electron chi connectivity index (χ4n) is 3.39. The highest BCUT2D eigenvalue weighted by molar-refractivity contribution is 7.89. The Morgan fingerprint density at radius 1 is 1.14 bits per heavy atom. The Labute approximate surface area is 176 Å². The van der Waals surface area contributed by atoms with Gasteiger partial charge in [-0.25, -0.2) is 13.4 Å². The smallest absolute Gasteiger partial charge is 0.245 e. The second kappa shape index (κ2) is 7.13. The molecule has 7 nitrogen and oxygen atoms in total. The Hall–Kier alpha value is -2.40. The van der Waals surface area contributed by atoms with Crippen LogP contribution in [-0.4, -0.2) is 40.1 Å². The van der Waals surface area contributed by atoms with Gasteiger partial charge in [0.15, 0.2) is 0 Å². The summed E-state index contributed by atoms with van der Waals surface area (Å²) in [6.07, 6.45) is 0.584. The fraction of sp³-hybridized carbons (Fsp3) is 0.211. The van der Waals surface area contributed by atoms with E-state index < -0.39 is 10.0 Å². The highest BCUT2D eigenvalue weighted by Crippen LogP contribution is 2.35. The minimum Gasteiger partial charge on any atom is -0.497 e. The lowest BCUT2D eigenvalue weighted by Crippen LogP contribution is -2.35. The third-order valence-corrected chi connectivity index (χ3v) is 8.43. The number of sulfonamides is 1. The largest absolute Gasteiger partial charge is 0.497 e. The van der Waals surface area contributed by atoms with Gasteiger partial charge in [0.05, 0.1) is 31.1 Å². The van der Waals surface area contributed by atoms with Crippen molar-refractivity contribution >= 4 is 44.1 Å². The highest BCUT2D eigenvalue weighted by atomic mass is 32.2. The van der Waals surface area contributed by atoms with Gasteiger partial charge in [-0.05, 0) is 24.3 Å². The predicted octanol–water partition coefficient (Wildman–Crippen LogP) is 3.57. The van der Waals surface area contributed by atoms with Crippen LogP contribution in [0.25, 0.3) is 21.6 Å². The van der Waals surface area contributed by atoms with Crippen LogP contribution in [0, 0.1) is 0 Å². The molecule has 10 heteroatoms. The second-order valence-corrected chi connectivity index (χ2v) is 10.1. The summed E-state index contributed by atoms with van der Waals surface area (Å²) >= 11 is 2.55. The van der Waals surface area contributed by atoms with Crippen LogP contribution in [0.3, 0.4) is 0 Å². The number of hydrogen-bond donors (Lipinski definition) is 0. The van der Waals surface area contributed by atoms with Crippen LogP contribution in [-0.2, 0) is 23.0 Å². The summed E-state index contributed by atoms with van der Waals surface area (Å²) in [4.78, 5) is 5.93. The predicted molar refractivity (Wildman–Crippen MR) is 113 cm³/mol. The molecule has 4 aromatic rings. The lowest BCUT2D eigenvalue weighted by Gasteiger charge is -2.25. The van der Waals surface area contributed by atoms with Crippen molar-refractivity contribution in [3.8, 4) is 16.3 Å². The summed E-state index contributed by atoms with van der Waals surface area (Å²) < 4.78 is 41.7. The summed E-state index contributed by atoms with van der Waals surface area (Å²) in [5.41, 5.74) is 2.97. The molecule has 148 valence electrons. The highest BCUT2D eigenvalue weighted by Gasteiger charge is 2.32. The number of nitrogens with zero attached hydrogens (tertiary/aromatic N) is 4. The van der Waals surface area contributed by atoms with Gasteiger partial charge in [-0.2, -0.15) is 13.1 Å². The van der Waals surface area contributed by atoms with Crippen molar-refractivity contribution in [1.82, 2.24) is 18.0 Å². The monoisotopic (exact) mass is 444 g/mol. The van der Waals surface area contributed by atoms with Gasteiger partial charge >= 0.3 is 0 Å². The van der Waals surface area contributed by atoms with Crippen LogP contribution in [0.4, 0.5) is 0 Å². The van der Waals surface area contributed by atoms with E-state index >= 15 is 0 Å². The maximum Gasteiger partial charge on any atom is 0.245 e. The Balaban J connectivity index is 1.48. The van der Waals surface area contributed by atoms with Crippen molar-refractivity contribution in [2.24, 2.45) is 0 Å².